The number of alkyl halides is 1. The lowest BCUT2D eigenvalue weighted by molar-refractivity contribution is -0.133. The van der Waals surface area contributed by atoms with Crippen LogP contribution in [0.4, 0.5) is 8.78 Å². The van der Waals surface area contributed by atoms with Crippen LogP contribution >= 0.6 is 0 Å². The number of H-pyrrole nitrogens is 1. The van der Waals surface area contributed by atoms with Crippen molar-refractivity contribution < 1.29 is 18.4 Å². The second-order valence-electron chi connectivity index (χ2n) is 13.3. The van der Waals surface area contributed by atoms with Gasteiger partial charge in [0.1, 0.15) is 23.4 Å². The van der Waals surface area contributed by atoms with Crippen LogP contribution in [0, 0.1) is 17.8 Å². The normalized spacial score (nSPS) is 19.5. The van der Waals surface area contributed by atoms with Gasteiger partial charge in [0, 0.05) is 31.5 Å². The number of hydrogen-bond donors (Lipinski definition) is 2. The minimum Gasteiger partial charge on any atom is -0.341 e. The number of aromatic amines is 1. The lowest BCUT2D eigenvalue weighted by Gasteiger charge is -2.24. The molecule has 5 rings (SSSR count). The van der Waals surface area contributed by atoms with Crippen molar-refractivity contribution in [1.29, 1.82) is 0 Å². The third-order valence-electron chi connectivity index (χ3n) is 8.54. The molecule has 1 aromatic heterocycles. The fourth-order valence-electron chi connectivity index (χ4n) is 6.29. The summed E-state index contributed by atoms with van der Waals surface area (Å²) >= 11 is 0. The first-order valence-corrected chi connectivity index (χ1v) is 16.5. The minimum absolute atomic E-state index is 0.0556. The van der Waals surface area contributed by atoms with Crippen LogP contribution in [0.15, 0.2) is 53.5 Å². The highest BCUT2D eigenvalue weighted by atomic mass is 19.1. The van der Waals surface area contributed by atoms with Crippen LogP contribution in [0.25, 0.3) is 22.4 Å². The molecule has 2 aromatic carbocycles. The topological polar surface area (TPSA) is 93.7 Å². The molecule has 46 heavy (non-hydrogen) atoms. The van der Waals surface area contributed by atoms with Gasteiger partial charge in [-0.15, -0.1) is 0 Å². The number of benzene rings is 2. The smallest absolute Gasteiger partial charge is 0.223 e. The van der Waals surface area contributed by atoms with E-state index in [9.17, 15) is 9.59 Å². The quantitative estimate of drug-likeness (QED) is 0.206. The van der Waals surface area contributed by atoms with Crippen molar-refractivity contribution in [2.75, 3.05) is 19.6 Å². The Morgan fingerprint density at radius 3 is 2.24 bits per heavy atom. The maximum absolute atomic E-state index is 15.1. The summed E-state index contributed by atoms with van der Waals surface area (Å²) in [5.41, 5.74) is 3.48. The molecule has 2 N–H and O–H groups in total. The number of amidine groups is 1. The molecular formula is C36H46F2N6O2. The summed E-state index contributed by atoms with van der Waals surface area (Å²) in [6.07, 6.45) is 1.99. The van der Waals surface area contributed by atoms with E-state index in [0.717, 1.165) is 36.0 Å². The monoisotopic (exact) mass is 632 g/mol. The number of nitrogens with zero attached hydrogens (tertiary/aromatic N) is 4. The Labute approximate surface area is 270 Å². The molecule has 0 saturated carbocycles. The van der Waals surface area contributed by atoms with Crippen LogP contribution in [0.1, 0.15) is 90.2 Å². The Morgan fingerprint density at radius 1 is 0.978 bits per heavy atom. The molecule has 0 bridgehead atoms. The largest absolute Gasteiger partial charge is 0.341 e. The number of halogens is 2. The van der Waals surface area contributed by atoms with E-state index in [0.29, 0.717) is 43.2 Å². The molecule has 3 atom stereocenters. The van der Waals surface area contributed by atoms with Crippen LogP contribution in [0.5, 0.6) is 0 Å². The summed E-state index contributed by atoms with van der Waals surface area (Å²) in [5.74, 6) is 1.11. The lowest BCUT2D eigenvalue weighted by Crippen LogP contribution is -2.41. The Kier molecular flexibility index (Phi) is 10.5. The summed E-state index contributed by atoms with van der Waals surface area (Å²) in [7, 11) is 0. The number of rotatable bonds is 12. The summed E-state index contributed by atoms with van der Waals surface area (Å²) in [4.78, 5) is 41.0. The van der Waals surface area contributed by atoms with Gasteiger partial charge in [0.2, 0.25) is 17.8 Å². The predicted octanol–water partition coefficient (Wildman–Crippen LogP) is 7.22. The van der Waals surface area contributed by atoms with Crippen molar-refractivity contribution in [3.05, 3.63) is 65.9 Å². The first-order valence-electron chi connectivity index (χ1n) is 16.5. The van der Waals surface area contributed by atoms with Gasteiger partial charge in [-0.1, -0.05) is 83.1 Å². The molecule has 0 aliphatic carbocycles. The molecule has 8 nitrogen and oxygen atoms in total. The van der Waals surface area contributed by atoms with Gasteiger partial charge in [-0.3, -0.25) is 14.6 Å². The number of imidazole rings is 1. The Bertz CT molecular complexity index is 1530. The van der Waals surface area contributed by atoms with Gasteiger partial charge in [-0.25, -0.2) is 9.37 Å². The van der Waals surface area contributed by atoms with E-state index in [2.05, 4.69) is 20.3 Å². The molecule has 3 heterocycles. The third-order valence-corrected chi connectivity index (χ3v) is 8.54. The average Bonchev–Trinajstić information content (AvgIpc) is 3.75. The highest BCUT2D eigenvalue weighted by molar-refractivity contribution is 5.90. The molecule has 246 valence electrons. The standard InChI is InChI=1S/C36H46F2N6O2/c1-6-17-43(30(45)19-22(2)3)21-29-39-32(34(37)40-29)26-13-9-24(10-14-26)25-11-15-27(16-12-25)33-35(38)42-36(41-33)28-8-7-18-44(28)31(46)20-23(4)5/h9-16,22-23,28,32,34H,6-8,17-21H2,1-5H3,(H,39,40)(H,41,42). The molecule has 3 aromatic rings. The van der Waals surface area contributed by atoms with Crippen molar-refractivity contribution >= 4 is 17.6 Å². The average molecular weight is 633 g/mol. The van der Waals surface area contributed by atoms with E-state index in [1.54, 1.807) is 4.90 Å². The molecule has 0 spiro atoms. The third kappa shape index (κ3) is 7.65. The van der Waals surface area contributed by atoms with Gasteiger partial charge in [0.05, 0.1) is 12.6 Å². The van der Waals surface area contributed by atoms with Crippen molar-refractivity contribution in [2.45, 2.75) is 85.1 Å². The van der Waals surface area contributed by atoms with Gasteiger partial charge in [0.15, 0.2) is 6.30 Å². The number of aliphatic imine (C=N–C) groups is 1. The minimum atomic E-state index is -1.37. The SMILES string of the molecule is CCCN(CC1=NC(c2ccc(-c3ccc(-c4nc(C5CCCN5C(=O)CC(C)C)[nH]c4F)cc3)cc2)C(F)N1)C(=O)CC(C)C. The zero-order valence-corrected chi connectivity index (χ0v) is 27.5. The Morgan fingerprint density at radius 2 is 1.61 bits per heavy atom. The zero-order valence-electron chi connectivity index (χ0n) is 27.5. The number of nitrogens with one attached hydrogen (secondary N) is 2. The second-order valence-corrected chi connectivity index (χ2v) is 13.3. The number of carbonyl (C=O) groups is 2. The van der Waals surface area contributed by atoms with E-state index in [4.69, 9.17) is 0 Å². The lowest BCUT2D eigenvalue weighted by atomic mass is 9.99. The van der Waals surface area contributed by atoms with Crippen LogP contribution < -0.4 is 5.32 Å². The van der Waals surface area contributed by atoms with Gasteiger partial charge in [-0.05, 0) is 47.8 Å². The summed E-state index contributed by atoms with van der Waals surface area (Å²) in [6.45, 7) is 11.6. The molecule has 0 radical (unpaired) electrons. The predicted molar refractivity (Wildman–Crippen MR) is 177 cm³/mol. The molecule has 3 unspecified atom stereocenters. The van der Waals surface area contributed by atoms with Crippen molar-refractivity contribution in [3.63, 3.8) is 0 Å². The number of carbonyl (C=O) groups excluding carboxylic acids is 2. The van der Waals surface area contributed by atoms with Crippen LogP contribution in [0.3, 0.4) is 0 Å². The Balaban J connectivity index is 1.26. The molecule has 10 heteroatoms. The van der Waals surface area contributed by atoms with E-state index >= 15 is 8.78 Å². The fourth-order valence-corrected chi connectivity index (χ4v) is 6.29. The highest BCUT2D eigenvalue weighted by Crippen LogP contribution is 2.34. The number of aromatic nitrogens is 2. The van der Waals surface area contributed by atoms with E-state index in [1.165, 1.54) is 0 Å². The summed E-state index contributed by atoms with van der Waals surface area (Å²) in [6, 6.07) is 14.2. The fraction of sp³-hybridized carbons (Fsp3) is 0.500. The van der Waals surface area contributed by atoms with E-state index in [-0.39, 0.29) is 41.9 Å². The summed E-state index contributed by atoms with van der Waals surface area (Å²) in [5, 5.41) is 2.84. The zero-order chi connectivity index (χ0) is 33.0. The van der Waals surface area contributed by atoms with Crippen LogP contribution in [-0.2, 0) is 9.59 Å². The van der Waals surface area contributed by atoms with Gasteiger partial charge in [-0.2, -0.15) is 4.39 Å². The van der Waals surface area contributed by atoms with Crippen molar-refractivity contribution in [2.24, 2.45) is 16.8 Å². The maximum Gasteiger partial charge on any atom is 0.223 e. The molecule has 2 amide bonds. The van der Waals surface area contributed by atoms with Crippen LogP contribution in [-0.4, -0.2) is 63.3 Å². The highest BCUT2D eigenvalue weighted by Gasteiger charge is 2.33. The van der Waals surface area contributed by atoms with E-state index in [1.807, 2.05) is 88.0 Å². The molecule has 2 aliphatic heterocycles. The first kappa shape index (κ1) is 33.3. The number of amides is 2. The van der Waals surface area contributed by atoms with Crippen molar-refractivity contribution in [3.8, 4) is 22.4 Å². The molecule has 2 aliphatic rings. The number of likely N-dealkylation sites (tertiary alicyclic amines) is 1. The molecule has 1 fully saturated rings. The number of hydrogen-bond acceptors (Lipinski definition) is 5. The summed E-state index contributed by atoms with van der Waals surface area (Å²) < 4.78 is 30.1. The van der Waals surface area contributed by atoms with Gasteiger partial charge < -0.3 is 20.1 Å². The second kappa shape index (κ2) is 14.6. The van der Waals surface area contributed by atoms with Gasteiger partial charge >= 0.3 is 0 Å². The van der Waals surface area contributed by atoms with Gasteiger partial charge in [0.25, 0.3) is 0 Å². The van der Waals surface area contributed by atoms with Crippen molar-refractivity contribution in [1.82, 2.24) is 25.1 Å². The Hall–Kier alpha value is -4.08. The van der Waals surface area contributed by atoms with E-state index < -0.39 is 18.3 Å². The maximum atomic E-state index is 15.1. The molecular weight excluding hydrogens is 586 g/mol. The first-order chi connectivity index (χ1) is 22.0. The molecule has 1 saturated heterocycles. The van der Waals surface area contributed by atoms with Crippen LogP contribution in [0.2, 0.25) is 0 Å².